The fraction of sp³-hybridized carbons (Fsp3) is 0.423. The van der Waals surface area contributed by atoms with Gasteiger partial charge in [0.25, 0.3) is 5.91 Å². The lowest BCUT2D eigenvalue weighted by Gasteiger charge is -2.36. The third-order valence-electron chi connectivity index (χ3n) is 6.45. The number of ether oxygens (including phenoxy) is 1. The van der Waals surface area contributed by atoms with Crippen molar-refractivity contribution in [3.05, 3.63) is 54.4 Å². The van der Waals surface area contributed by atoms with Gasteiger partial charge in [-0.15, -0.1) is 0 Å². The van der Waals surface area contributed by atoms with E-state index in [0.717, 1.165) is 31.8 Å². The van der Waals surface area contributed by atoms with E-state index >= 15 is 0 Å². The number of aliphatic imine (C=N–C) groups is 2. The van der Waals surface area contributed by atoms with Gasteiger partial charge in [0.2, 0.25) is 0 Å². The lowest BCUT2D eigenvalue weighted by Crippen LogP contribution is -2.51. The van der Waals surface area contributed by atoms with Crippen LogP contribution in [-0.2, 0) is 9.53 Å². The summed E-state index contributed by atoms with van der Waals surface area (Å²) in [5, 5.41) is 2.52. The highest BCUT2D eigenvalue weighted by atomic mass is 19.1. The van der Waals surface area contributed by atoms with Crippen LogP contribution in [0.25, 0.3) is 10.8 Å². The van der Waals surface area contributed by atoms with E-state index in [1.165, 1.54) is 26.9 Å². The Bertz CT molecular complexity index is 1120. The molecule has 2 aliphatic rings. The number of anilines is 1. The summed E-state index contributed by atoms with van der Waals surface area (Å²) in [4.78, 5) is 27.3. The highest BCUT2D eigenvalue weighted by Crippen LogP contribution is 2.30. The smallest absolute Gasteiger partial charge is 0.313 e. The van der Waals surface area contributed by atoms with Gasteiger partial charge in [0.05, 0.1) is 13.7 Å². The van der Waals surface area contributed by atoms with Gasteiger partial charge in [-0.1, -0.05) is 36.9 Å². The molecule has 0 aliphatic carbocycles. The number of amidine groups is 2. The second-order valence-corrected chi connectivity index (χ2v) is 8.62. The summed E-state index contributed by atoms with van der Waals surface area (Å²) in [6, 6.07) is 13.2. The minimum Gasteiger partial charge on any atom is -0.467 e. The number of carbonyl (C=O) groups is 1. The number of carbonyl (C=O) groups excluding carboxylic acids is 1. The maximum absolute atomic E-state index is 13.2. The second kappa shape index (κ2) is 10.7. The van der Waals surface area contributed by atoms with Crippen LogP contribution in [-0.4, -0.2) is 80.5 Å². The van der Waals surface area contributed by atoms with E-state index in [4.69, 9.17) is 9.73 Å². The predicted molar refractivity (Wildman–Crippen MR) is 135 cm³/mol. The highest BCUT2D eigenvalue weighted by Gasteiger charge is 2.25. The molecule has 2 aliphatic heterocycles. The van der Waals surface area contributed by atoms with Crippen LogP contribution < -0.4 is 4.90 Å². The number of nitrogens with zero attached hydrogens (tertiary/aromatic N) is 5. The van der Waals surface area contributed by atoms with Crippen LogP contribution in [0, 0.1) is 6.92 Å². The Morgan fingerprint density at radius 1 is 1.03 bits per heavy atom. The van der Waals surface area contributed by atoms with Gasteiger partial charge < -0.3 is 19.4 Å². The Labute approximate surface area is 200 Å². The molecule has 7 nitrogen and oxygen atoms in total. The quantitative estimate of drug-likeness (QED) is 0.634. The minimum atomic E-state index is -0.915. The van der Waals surface area contributed by atoms with E-state index < -0.39 is 11.7 Å². The van der Waals surface area contributed by atoms with Gasteiger partial charge in [0.15, 0.2) is 5.83 Å². The molecule has 1 amide bonds. The Hall–Kier alpha value is -3.42. The standard InChI is InChI=1S/C26H32FN5O2/c1-19-7-4-8-21-9-5-10-22(24(19)21)30-13-6-11-23(29-26(34-3)28-12-14-30)31-15-17-32(18-16-31)25(33)20(2)27/h4-5,7-10H,2,6,11-18H2,1,3H3/b28-26+,29-23+. The van der Waals surface area contributed by atoms with Gasteiger partial charge in [0.1, 0.15) is 5.84 Å². The number of benzene rings is 2. The van der Waals surface area contributed by atoms with Crippen molar-refractivity contribution >= 4 is 34.2 Å². The van der Waals surface area contributed by atoms with Crippen molar-refractivity contribution in [2.45, 2.75) is 19.8 Å². The first-order valence-corrected chi connectivity index (χ1v) is 11.8. The molecule has 0 saturated carbocycles. The van der Waals surface area contributed by atoms with Gasteiger partial charge in [-0.3, -0.25) is 4.79 Å². The van der Waals surface area contributed by atoms with Crippen LogP contribution in [0.5, 0.6) is 0 Å². The van der Waals surface area contributed by atoms with Gasteiger partial charge in [-0.2, -0.15) is 4.99 Å². The minimum absolute atomic E-state index is 0.363. The maximum Gasteiger partial charge on any atom is 0.313 e. The molecular formula is C26H32FN5O2. The summed E-state index contributed by atoms with van der Waals surface area (Å²) in [7, 11) is 1.58. The molecule has 1 fully saturated rings. The van der Waals surface area contributed by atoms with Crippen molar-refractivity contribution in [3.63, 3.8) is 0 Å². The molecule has 0 aromatic heterocycles. The molecule has 2 aromatic carbocycles. The molecule has 0 atom stereocenters. The zero-order chi connectivity index (χ0) is 24.1. The third kappa shape index (κ3) is 5.21. The SMILES string of the molecule is C=C(F)C(=O)N1CCN(/C2=N/C(OC)=N\CCN(c3cccc4cccc(C)c34)CCC2)CC1. The first-order valence-electron chi connectivity index (χ1n) is 11.8. The highest BCUT2D eigenvalue weighted by molar-refractivity contribution is 5.97. The molecule has 1 saturated heterocycles. The monoisotopic (exact) mass is 465 g/mol. The van der Waals surface area contributed by atoms with Crippen molar-refractivity contribution in [1.82, 2.24) is 9.80 Å². The topological polar surface area (TPSA) is 60.7 Å². The second-order valence-electron chi connectivity index (χ2n) is 8.62. The zero-order valence-corrected chi connectivity index (χ0v) is 20.0. The number of hydrogen-bond acceptors (Lipinski definition) is 6. The number of piperazine rings is 1. The number of fused-ring (bicyclic) bond motifs is 1. The van der Waals surface area contributed by atoms with E-state index in [-0.39, 0.29) is 0 Å². The third-order valence-corrected chi connectivity index (χ3v) is 6.45. The number of halogens is 1. The Kier molecular flexibility index (Phi) is 7.45. The fourth-order valence-electron chi connectivity index (χ4n) is 4.70. The lowest BCUT2D eigenvalue weighted by molar-refractivity contribution is -0.129. The molecule has 34 heavy (non-hydrogen) atoms. The predicted octanol–water partition coefficient (Wildman–Crippen LogP) is 3.78. The van der Waals surface area contributed by atoms with Crippen molar-refractivity contribution < 1.29 is 13.9 Å². The van der Waals surface area contributed by atoms with E-state index in [2.05, 4.69) is 64.7 Å². The number of rotatable bonds is 2. The van der Waals surface area contributed by atoms with Crippen molar-refractivity contribution in [2.24, 2.45) is 9.98 Å². The molecule has 0 spiro atoms. The van der Waals surface area contributed by atoms with Crippen LogP contribution in [0.15, 0.2) is 58.8 Å². The van der Waals surface area contributed by atoms with E-state index in [9.17, 15) is 9.18 Å². The number of aryl methyl sites for hydroxylation is 1. The molecule has 0 bridgehead atoms. The van der Waals surface area contributed by atoms with Crippen molar-refractivity contribution in [1.29, 1.82) is 0 Å². The molecular weight excluding hydrogens is 433 g/mol. The van der Waals surface area contributed by atoms with Gasteiger partial charge in [0, 0.05) is 56.8 Å². The Morgan fingerprint density at radius 2 is 1.76 bits per heavy atom. The van der Waals surface area contributed by atoms with Crippen LogP contribution in [0.4, 0.5) is 10.1 Å². The lowest BCUT2D eigenvalue weighted by atomic mass is 10.0. The van der Waals surface area contributed by atoms with Gasteiger partial charge in [-0.05, 0) is 30.4 Å². The van der Waals surface area contributed by atoms with E-state index in [1.54, 1.807) is 7.11 Å². The molecule has 0 unspecified atom stereocenters. The molecule has 0 radical (unpaired) electrons. The first kappa shape index (κ1) is 23.7. The molecule has 180 valence electrons. The molecule has 2 aromatic rings. The molecule has 8 heteroatoms. The summed E-state index contributed by atoms with van der Waals surface area (Å²) in [5.74, 6) is -0.655. The fourth-order valence-corrected chi connectivity index (χ4v) is 4.70. The number of hydrogen-bond donors (Lipinski definition) is 0. The average Bonchev–Trinajstić information content (AvgIpc) is 2.86. The molecule has 0 N–H and O–H groups in total. The molecule has 4 rings (SSSR count). The average molecular weight is 466 g/mol. The van der Waals surface area contributed by atoms with Crippen molar-refractivity contribution in [2.75, 3.05) is 57.8 Å². The van der Waals surface area contributed by atoms with Crippen LogP contribution in [0.2, 0.25) is 0 Å². The zero-order valence-electron chi connectivity index (χ0n) is 20.0. The summed E-state index contributed by atoms with van der Waals surface area (Å²) in [6.45, 7) is 9.54. The van der Waals surface area contributed by atoms with Gasteiger partial charge in [-0.25, -0.2) is 9.38 Å². The molecule has 2 heterocycles. The van der Waals surface area contributed by atoms with Crippen LogP contribution >= 0.6 is 0 Å². The summed E-state index contributed by atoms with van der Waals surface area (Å²) < 4.78 is 18.7. The largest absolute Gasteiger partial charge is 0.467 e. The van der Waals surface area contributed by atoms with E-state index in [0.29, 0.717) is 38.7 Å². The summed E-state index contributed by atoms with van der Waals surface area (Å²) in [5.41, 5.74) is 2.49. The number of methoxy groups -OCH3 is 1. The number of amides is 1. The summed E-state index contributed by atoms with van der Waals surface area (Å²) in [6.07, 6.45) is 1.67. The normalized spacial score (nSPS) is 20.9. The van der Waals surface area contributed by atoms with E-state index in [1.807, 2.05) is 0 Å². The Balaban J connectivity index is 1.52. The van der Waals surface area contributed by atoms with Crippen LogP contribution in [0.1, 0.15) is 18.4 Å². The van der Waals surface area contributed by atoms with Crippen LogP contribution in [0.3, 0.4) is 0 Å². The summed E-state index contributed by atoms with van der Waals surface area (Å²) >= 11 is 0. The maximum atomic E-state index is 13.2. The van der Waals surface area contributed by atoms with Crippen molar-refractivity contribution in [3.8, 4) is 0 Å². The first-order chi connectivity index (χ1) is 16.5. The van der Waals surface area contributed by atoms with Gasteiger partial charge >= 0.3 is 6.02 Å². The Morgan fingerprint density at radius 3 is 2.47 bits per heavy atom.